The Bertz CT molecular complexity index is 904. The fourth-order valence-electron chi connectivity index (χ4n) is 4.45. The average Bonchev–Trinajstić information content (AvgIpc) is 3.22. The lowest BCUT2D eigenvalue weighted by Crippen LogP contribution is -2.32. The van der Waals surface area contributed by atoms with E-state index in [1.165, 1.54) is 36.0 Å². The molecule has 2 aliphatic carbocycles. The van der Waals surface area contributed by atoms with Gasteiger partial charge in [-0.2, -0.15) is 5.10 Å². The van der Waals surface area contributed by atoms with E-state index < -0.39 is 4.92 Å². The van der Waals surface area contributed by atoms with Crippen molar-refractivity contribution in [2.75, 3.05) is 5.43 Å². The number of benzene rings is 1. The molecule has 0 radical (unpaired) electrons. The number of hydrogen-bond donors (Lipinski definition) is 1. The van der Waals surface area contributed by atoms with E-state index in [1.54, 1.807) is 12.1 Å². The van der Waals surface area contributed by atoms with Gasteiger partial charge < -0.3 is 0 Å². The van der Waals surface area contributed by atoms with Gasteiger partial charge in [0.25, 0.3) is 5.69 Å². The van der Waals surface area contributed by atoms with E-state index in [2.05, 4.69) is 31.2 Å². The molecule has 2 bridgehead atoms. The van der Waals surface area contributed by atoms with Crippen LogP contribution < -0.4 is 5.43 Å². The van der Waals surface area contributed by atoms with Crippen LogP contribution in [0.5, 0.6) is 0 Å². The lowest BCUT2D eigenvalue weighted by molar-refractivity contribution is -0.384. The summed E-state index contributed by atoms with van der Waals surface area (Å²) in [6, 6.07) is 6.54. The molecule has 6 nitrogen and oxygen atoms in total. The molecule has 1 aromatic heterocycles. The highest BCUT2D eigenvalue weighted by molar-refractivity contribution is 7.14. The first kappa shape index (κ1) is 17.1. The maximum atomic E-state index is 10.9. The summed E-state index contributed by atoms with van der Waals surface area (Å²) in [6.07, 6.45) is 3.54. The molecule has 7 heteroatoms. The Balaban J connectivity index is 1.53. The predicted molar refractivity (Wildman–Crippen MR) is 104 cm³/mol. The number of nitro benzene ring substituents is 1. The van der Waals surface area contributed by atoms with Gasteiger partial charge in [0.05, 0.1) is 10.6 Å². The minimum atomic E-state index is -0.390. The molecule has 2 aliphatic rings. The number of anilines is 1. The highest BCUT2D eigenvalue weighted by Crippen LogP contribution is 2.63. The molecular formula is C19H22N4O2S. The third kappa shape index (κ3) is 2.53. The number of aromatic nitrogens is 1. The summed E-state index contributed by atoms with van der Waals surface area (Å²) in [4.78, 5) is 15.1. The molecule has 0 saturated heterocycles. The lowest BCUT2D eigenvalue weighted by atomic mass is 9.70. The third-order valence-electron chi connectivity index (χ3n) is 6.66. The zero-order valence-electron chi connectivity index (χ0n) is 15.2. The summed E-state index contributed by atoms with van der Waals surface area (Å²) < 4.78 is 0. The third-order valence-corrected chi connectivity index (χ3v) is 7.40. The fraction of sp³-hybridized carbons (Fsp3) is 0.474. The molecule has 26 heavy (non-hydrogen) atoms. The number of non-ortho nitro benzene ring substituents is 1. The van der Waals surface area contributed by atoms with Crippen LogP contribution in [0.1, 0.15) is 40.0 Å². The molecule has 4 rings (SSSR count). The fourth-order valence-corrected chi connectivity index (χ4v) is 5.11. The van der Waals surface area contributed by atoms with Crippen LogP contribution in [0.2, 0.25) is 0 Å². The van der Waals surface area contributed by atoms with E-state index in [1.807, 2.05) is 11.4 Å². The number of nitrogens with one attached hydrogen (secondary N) is 1. The van der Waals surface area contributed by atoms with Crippen LogP contribution in [0.3, 0.4) is 0 Å². The van der Waals surface area contributed by atoms with E-state index in [-0.39, 0.29) is 11.1 Å². The largest absolute Gasteiger partial charge is 0.270 e. The molecule has 2 aromatic rings. The first-order chi connectivity index (χ1) is 12.3. The summed E-state index contributed by atoms with van der Waals surface area (Å²) in [5.74, 6) is 0.713. The molecule has 2 unspecified atom stereocenters. The topological polar surface area (TPSA) is 80.4 Å². The normalized spacial score (nSPS) is 27.8. The number of nitro groups is 1. The van der Waals surface area contributed by atoms with Crippen molar-refractivity contribution in [1.29, 1.82) is 0 Å². The van der Waals surface area contributed by atoms with Gasteiger partial charge in [-0.15, -0.1) is 11.3 Å². The molecule has 1 N–H and O–H groups in total. The Morgan fingerprint density at radius 2 is 2.19 bits per heavy atom. The summed E-state index contributed by atoms with van der Waals surface area (Å²) in [5.41, 5.74) is 6.35. The van der Waals surface area contributed by atoms with Crippen molar-refractivity contribution >= 4 is 27.9 Å². The monoisotopic (exact) mass is 370 g/mol. The highest BCUT2D eigenvalue weighted by Gasteiger charge is 2.59. The molecule has 1 heterocycles. The maximum Gasteiger partial charge on any atom is 0.270 e. The molecule has 0 amide bonds. The van der Waals surface area contributed by atoms with Gasteiger partial charge in [-0.05, 0) is 30.6 Å². The van der Waals surface area contributed by atoms with Gasteiger partial charge in [0.2, 0.25) is 5.13 Å². The Hall–Kier alpha value is -2.28. The number of rotatable bonds is 4. The van der Waals surface area contributed by atoms with Gasteiger partial charge in [0, 0.05) is 34.2 Å². The van der Waals surface area contributed by atoms with Crippen LogP contribution in [-0.2, 0) is 0 Å². The predicted octanol–water partition coefficient (Wildman–Crippen LogP) is 5.33. The van der Waals surface area contributed by atoms with Crippen molar-refractivity contribution in [1.82, 2.24) is 4.98 Å². The second-order valence-corrected chi connectivity index (χ2v) is 8.87. The molecule has 0 spiro atoms. The number of nitrogens with zero attached hydrogens (tertiary/aromatic N) is 3. The number of hydrazone groups is 1. The molecule has 0 aliphatic heterocycles. The molecule has 136 valence electrons. The molecular weight excluding hydrogens is 348 g/mol. The SMILES string of the molecule is CC12CCC(C/C1=N\Nc1nc(-c3cccc([N+](=O)[O-])c3)cs1)C2(C)C. The van der Waals surface area contributed by atoms with Gasteiger partial charge in [-0.25, -0.2) is 4.98 Å². The summed E-state index contributed by atoms with van der Waals surface area (Å²) >= 11 is 1.46. The van der Waals surface area contributed by atoms with E-state index in [0.717, 1.165) is 17.7 Å². The van der Waals surface area contributed by atoms with Crippen LogP contribution in [0.15, 0.2) is 34.7 Å². The van der Waals surface area contributed by atoms with Gasteiger partial charge >= 0.3 is 0 Å². The maximum absolute atomic E-state index is 10.9. The minimum absolute atomic E-state index is 0.0717. The van der Waals surface area contributed by atoms with E-state index in [0.29, 0.717) is 16.5 Å². The van der Waals surface area contributed by atoms with Crippen molar-refractivity contribution in [2.45, 2.75) is 40.0 Å². The van der Waals surface area contributed by atoms with Gasteiger partial charge in [-0.1, -0.05) is 32.9 Å². The first-order valence-corrected chi connectivity index (χ1v) is 9.72. The first-order valence-electron chi connectivity index (χ1n) is 8.85. The van der Waals surface area contributed by atoms with Crippen molar-refractivity contribution in [3.8, 4) is 11.3 Å². The van der Waals surface area contributed by atoms with E-state index in [9.17, 15) is 10.1 Å². The number of fused-ring (bicyclic) bond motifs is 2. The Morgan fingerprint density at radius 3 is 2.85 bits per heavy atom. The Morgan fingerprint density at radius 1 is 1.38 bits per heavy atom. The summed E-state index contributed by atoms with van der Waals surface area (Å²) in [5, 5.41) is 18.3. The van der Waals surface area contributed by atoms with Crippen LogP contribution in [0, 0.1) is 26.9 Å². The molecule has 2 fully saturated rings. The molecule has 1 aromatic carbocycles. The highest BCUT2D eigenvalue weighted by atomic mass is 32.1. The average molecular weight is 370 g/mol. The van der Waals surface area contributed by atoms with Crippen molar-refractivity contribution < 1.29 is 4.92 Å². The van der Waals surface area contributed by atoms with Gasteiger partial charge in [0.1, 0.15) is 0 Å². The van der Waals surface area contributed by atoms with Crippen LogP contribution >= 0.6 is 11.3 Å². The van der Waals surface area contributed by atoms with Crippen LogP contribution in [0.25, 0.3) is 11.3 Å². The summed E-state index contributed by atoms with van der Waals surface area (Å²) in [6.45, 7) is 7.05. The van der Waals surface area contributed by atoms with E-state index in [4.69, 9.17) is 5.10 Å². The standard InChI is InChI=1S/C19H22N4O2S/c1-18(2)13-7-8-19(18,3)16(10-13)21-22-17-20-15(11-26-17)12-5-4-6-14(9-12)23(24)25/h4-6,9,11,13H,7-8,10H2,1-3H3,(H,20,22)/b21-16+. The van der Waals surface area contributed by atoms with Crippen LogP contribution in [-0.4, -0.2) is 15.6 Å². The van der Waals surface area contributed by atoms with Gasteiger partial charge in [-0.3, -0.25) is 15.5 Å². The lowest BCUT2D eigenvalue weighted by Gasteiger charge is -2.34. The van der Waals surface area contributed by atoms with Crippen molar-refractivity contribution in [3.63, 3.8) is 0 Å². The molecule has 2 saturated carbocycles. The smallest absolute Gasteiger partial charge is 0.258 e. The van der Waals surface area contributed by atoms with Crippen molar-refractivity contribution in [3.05, 3.63) is 39.8 Å². The number of hydrogen-bond acceptors (Lipinski definition) is 6. The zero-order chi connectivity index (χ0) is 18.5. The summed E-state index contributed by atoms with van der Waals surface area (Å²) in [7, 11) is 0. The minimum Gasteiger partial charge on any atom is -0.258 e. The Kier molecular flexibility index (Phi) is 3.87. The quantitative estimate of drug-likeness (QED) is 0.582. The second-order valence-electron chi connectivity index (χ2n) is 8.01. The van der Waals surface area contributed by atoms with Gasteiger partial charge in [0.15, 0.2) is 0 Å². The number of thiazole rings is 1. The van der Waals surface area contributed by atoms with Crippen molar-refractivity contribution in [2.24, 2.45) is 21.8 Å². The van der Waals surface area contributed by atoms with E-state index >= 15 is 0 Å². The Labute approximate surface area is 156 Å². The zero-order valence-corrected chi connectivity index (χ0v) is 16.0. The molecule has 2 atom stereocenters. The van der Waals surface area contributed by atoms with Crippen LogP contribution in [0.4, 0.5) is 10.8 Å². The second kappa shape index (κ2) is 5.87.